The molecule has 16 heavy (non-hydrogen) atoms. The van der Waals surface area contributed by atoms with Crippen LogP contribution in [0.25, 0.3) is 0 Å². The van der Waals surface area contributed by atoms with Crippen LogP contribution in [-0.2, 0) is 0 Å². The van der Waals surface area contributed by atoms with Crippen LogP contribution in [0.15, 0.2) is 0 Å². The van der Waals surface area contributed by atoms with Gasteiger partial charge in [-0.25, -0.2) is 0 Å². The van der Waals surface area contributed by atoms with Crippen LogP contribution in [0, 0.1) is 5.92 Å². The molecule has 2 nitrogen and oxygen atoms in total. The second-order valence-electron chi connectivity index (χ2n) is 5.65. The van der Waals surface area contributed by atoms with Gasteiger partial charge in [0.1, 0.15) is 0 Å². The number of rotatable bonds is 4. The Hall–Kier alpha value is 0.270. The summed E-state index contributed by atoms with van der Waals surface area (Å²) in [6, 6.07) is 1.64. The van der Waals surface area contributed by atoms with E-state index < -0.39 is 0 Å². The fourth-order valence-corrected chi connectivity index (χ4v) is 3.91. The lowest BCUT2D eigenvalue weighted by molar-refractivity contribution is 0.0520. The maximum atomic E-state index is 2.73. The second-order valence-corrected chi connectivity index (χ2v) is 6.57. The van der Waals surface area contributed by atoms with Crippen molar-refractivity contribution >= 4 is 11.8 Å². The van der Waals surface area contributed by atoms with Gasteiger partial charge >= 0.3 is 0 Å². The molecule has 0 aromatic rings. The van der Waals surface area contributed by atoms with E-state index in [0.29, 0.717) is 0 Å². The summed E-state index contributed by atoms with van der Waals surface area (Å²) in [4.78, 5) is 5.44. The van der Waals surface area contributed by atoms with Gasteiger partial charge in [0.05, 0.1) is 0 Å². The lowest BCUT2D eigenvalue weighted by Gasteiger charge is -2.43. The summed E-state index contributed by atoms with van der Waals surface area (Å²) in [6.07, 6.45) is 5.07. The molecule has 3 unspecified atom stereocenters. The van der Waals surface area contributed by atoms with Gasteiger partial charge in [-0.1, -0.05) is 6.92 Å². The highest BCUT2D eigenvalue weighted by Crippen LogP contribution is 2.25. The van der Waals surface area contributed by atoms with Crippen molar-refractivity contribution in [3.63, 3.8) is 0 Å². The molecule has 2 aliphatic heterocycles. The third-order valence-corrected chi connectivity index (χ3v) is 4.97. The van der Waals surface area contributed by atoms with Crippen LogP contribution in [-0.4, -0.2) is 60.1 Å². The first-order valence-electron chi connectivity index (χ1n) is 6.67. The van der Waals surface area contributed by atoms with E-state index in [2.05, 4.69) is 29.9 Å². The molecule has 0 spiro atoms. The third-order valence-electron chi connectivity index (χ3n) is 4.06. The number of nitrogens with zero attached hydrogens (tertiary/aromatic N) is 2. The molecule has 0 saturated carbocycles. The van der Waals surface area contributed by atoms with Crippen LogP contribution in [0.5, 0.6) is 0 Å². The van der Waals surface area contributed by atoms with Gasteiger partial charge in [0.15, 0.2) is 0 Å². The Morgan fingerprint density at radius 2 is 2.19 bits per heavy atom. The maximum Gasteiger partial charge on any atom is 0.0224 e. The quantitative estimate of drug-likeness (QED) is 0.746. The molecular formula is C13H26N2S. The molecule has 0 bridgehead atoms. The van der Waals surface area contributed by atoms with E-state index in [9.17, 15) is 0 Å². The highest BCUT2D eigenvalue weighted by molar-refractivity contribution is 7.98. The van der Waals surface area contributed by atoms with E-state index in [1.54, 1.807) is 0 Å². The van der Waals surface area contributed by atoms with Gasteiger partial charge in [0.25, 0.3) is 0 Å². The molecule has 0 amide bonds. The number of hydrogen-bond donors (Lipinski definition) is 0. The average Bonchev–Trinajstić information content (AvgIpc) is 2.65. The predicted octanol–water partition coefficient (Wildman–Crippen LogP) is 2.15. The second kappa shape index (κ2) is 5.74. The van der Waals surface area contributed by atoms with Crippen LogP contribution in [0.4, 0.5) is 0 Å². The van der Waals surface area contributed by atoms with Crippen LogP contribution in [0.2, 0.25) is 0 Å². The van der Waals surface area contributed by atoms with Gasteiger partial charge in [-0.2, -0.15) is 11.8 Å². The van der Waals surface area contributed by atoms with Crippen LogP contribution < -0.4 is 0 Å². The molecule has 0 radical (unpaired) electrons. The molecule has 0 aromatic heterocycles. The van der Waals surface area contributed by atoms with Crippen LogP contribution in [0.3, 0.4) is 0 Å². The Morgan fingerprint density at radius 3 is 2.94 bits per heavy atom. The molecule has 0 aromatic carbocycles. The largest absolute Gasteiger partial charge is 0.298 e. The van der Waals surface area contributed by atoms with Crippen molar-refractivity contribution in [3.05, 3.63) is 0 Å². The molecule has 2 aliphatic rings. The highest BCUT2D eigenvalue weighted by Gasteiger charge is 2.34. The Morgan fingerprint density at radius 1 is 1.38 bits per heavy atom. The smallest absolute Gasteiger partial charge is 0.0224 e. The van der Waals surface area contributed by atoms with E-state index in [4.69, 9.17) is 0 Å². The Balaban J connectivity index is 1.84. The summed E-state index contributed by atoms with van der Waals surface area (Å²) in [7, 11) is 0. The van der Waals surface area contributed by atoms with Crippen molar-refractivity contribution in [1.82, 2.24) is 9.80 Å². The Kier molecular flexibility index (Phi) is 4.57. The number of hydrogen-bond acceptors (Lipinski definition) is 3. The fourth-order valence-electron chi connectivity index (χ4n) is 3.24. The van der Waals surface area contributed by atoms with E-state index >= 15 is 0 Å². The summed E-state index contributed by atoms with van der Waals surface area (Å²) in [6.45, 7) is 10.1. The lowest BCUT2D eigenvalue weighted by Crippen LogP contribution is -2.55. The van der Waals surface area contributed by atoms with Gasteiger partial charge in [-0.15, -0.1) is 0 Å². The van der Waals surface area contributed by atoms with E-state index in [1.807, 2.05) is 11.8 Å². The molecule has 2 heterocycles. The van der Waals surface area contributed by atoms with Gasteiger partial charge in [-0.3, -0.25) is 9.80 Å². The minimum absolute atomic E-state index is 0.763. The first-order chi connectivity index (χ1) is 7.70. The minimum atomic E-state index is 0.763. The van der Waals surface area contributed by atoms with Crippen molar-refractivity contribution in [2.24, 2.45) is 5.92 Å². The molecule has 2 rings (SSSR count). The van der Waals surface area contributed by atoms with Gasteiger partial charge in [-0.05, 0) is 44.2 Å². The Bertz CT molecular complexity index is 222. The van der Waals surface area contributed by atoms with Crippen molar-refractivity contribution in [2.75, 3.05) is 38.2 Å². The first-order valence-corrected chi connectivity index (χ1v) is 8.07. The topological polar surface area (TPSA) is 6.48 Å². The highest BCUT2D eigenvalue weighted by atomic mass is 32.2. The predicted molar refractivity (Wildman–Crippen MR) is 73.2 cm³/mol. The van der Waals surface area contributed by atoms with Gasteiger partial charge < -0.3 is 0 Å². The van der Waals surface area contributed by atoms with Crippen molar-refractivity contribution < 1.29 is 0 Å². The summed E-state index contributed by atoms with van der Waals surface area (Å²) in [5, 5.41) is 0. The zero-order chi connectivity index (χ0) is 11.5. The zero-order valence-corrected chi connectivity index (χ0v) is 11.8. The minimum Gasteiger partial charge on any atom is -0.298 e. The summed E-state index contributed by atoms with van der Waals surface area (Å²) in [5.41, 5.74) is 0. The van der Waals surface area contributed by atoms with Gasteiger partial charge in [0, 0.05) is 31.7 Å². The third kappa shape index (κ3) is 2.93. The normalized spacial score (nSPS) is 33.9. The summed E-state index contributed by atoms with van der Waals surface area (Å²) in [5.74, 6) is 2.14. The molecule has 0 N–H and O–H groups in total. The summed E-state index contributed by atoms with van der Waals surface area (Å²) < 4.78 is 0. The maximum absolute atomic E-state index is 2.73. The number of thioether (sulfide) groups is 1. The standard InChI is InChI=1S/C13H26N2S/c1-11(10-16-3)7-15-9-13-5-4-6-14(13)8-12(15)2/h11-13H,4-10H2,1-3H3. The number of fused-ring (bicyclic) bond motifs is 1. The monoisotopic (exact) mass is 242 g/mol. The molecule has 3 atom stereocenters. The van der Waals surface area contributed by atoms with E-state index in [-0.39, 0.29) is 0 Å². The van der Waals surface area contributed by atoms with Crippen molar-refractivity contribution in [3.8, 4) is 0 Å². The Labute approximate surface area is 105 Å². The molecule has 0 aliphatic carbocycles. The molecule has 94 valence electrons. The number of piperazine rings is 1. The van der Waals surface area contributed by atoms with Crippen LogP contribution >= 0.6 is 11.8 Å². The van der Waals surface area contributed by atoms with E-state index in [1.165, 1.54) is 44.8 Å². The lowest BCUT2D eigenvalue weighted by atomic mass is 10.1. The van der Waals surface area contributed by atoms with Crippen molar-refractivity contribution in [2.45, 2.75) is 38.8 Å². The van der Waals surface area contributed by atoms with E-state index in [0.717, 1.165) is 18.0 Å². The molecule has 2 saturated heterocycles. The molecule has 3 heteroatoms. The zero-order valence-electron chi connectivity index (χ0n) is 11.0. The molecular weight excluding hydrogens is 216 g/mol. The summed E-state index contributed by atoms with van der Waals surface area (Å²) >= 11 is 1.98. The average molecular weight is 242 g/mol. The van der Waals surface area contributed by atoms with Crippen LogP contribution in [0.1, 0.15) is 26.7 Å². The van der Waals surface area contributed by atoms with Crippen molar-refractivity contribution in [1.29, 1.82) is 0 Å². The molecule has 2 fully saturated rings. The fraction of sp³-hybridized carbons (Fsp3) is 1.00. The first kappa shape index (κ1) is 12.7. The SMILES string of the molecule is CSCC(C)CN1CC2CCCN2CC1C. The van der Waals surface area contributed by atoms with Gasteiger partial charge in [0.2, 0.25) is 0 Å².